The molecule has 2 heterocycles. The molecule has 1 unspecified atom stereocenters. The molecule has 2 aromatic rings. The van der Waals surface area contributed by atoms with Crippen LogP contribution >= 0.6 is 0 Å². The monoisotopic (exact) mass is 417 g/mol. The molecule has 0 aliphatic carbocycles. The molecule has 0 amide bonds. The molecule has 0 aromatic carbocycles. The summed E-state index contributed by atoms with van der Waals surface area (Å²) in [7, 11) is 4.13. The number of hydrogen-bond donors (Lipinski definition) is 0. The number of pyridine rings is 1. The minimum Gasteiger partial charge on any atom is -0.392 e. The summed E-state index contributed by atoms with van der Waals surface area (Å²) in [5.41, 5.74) is 2.15. The second-order valence-corrected chi connectivity index (χ2v) is 7.92. The fraction of sp³-hybridized carbons (Fsp3) is 0.714. The van der Waals surface area contributed by atoms with E-state index >= 15 is 0 Å². The quantitative estimate of drug-likeness (QED) is 0.299. The Hall–Kier alpha value is -2.35. The van der Waals surface area contributed by atoms with E-state index in [1.54, 1.807) is 6.20 Å². The van der Waals surface area contributed by atoms with Crippen LogP contribution in [0, 0.1) is 0 Å². The van der Waals surface area contributed by atoms with Crippen molar-refractivity contribution in [2.24, 2.45) is 4.99 Å². The second kappa shape index (κ2) is 11.7. The maximum absolute atomic E-state index is 5.93. The van der Waals surface area contributed by atoms with E-state index in [9.17, 15) is 0 Å². The number of hydrogen-bond acceptors (Lipinski definition) is 7. The summed E-state index contributed by atoms with van der Waals surface area (Å²) in [5.74, 6) is 0. The molecule has 9 nitrogen and oxygen atoms in total. The van der Waals surface area contributed by atoms with Crippen LogP contribution in [0.25, 0.3) is 11.2 Å². The van der Waals surface area contributed by atoms with Gasteiger partial charge in [-0.3, -0.25) is 4.90 Å². The van der Waals surface area contributed by atoms with Crippen molar-refractivity contribution in [2.75, 3.05) is 46.9 Å². The summed E-state index contributed by atoms with van der Waals surface area (Å²) in [6.07, 6.45) is 2.74. The lowest BCUT2D eigenvalue weighted by Gasteiger charge is -2.30. The number of aliphatic imine (C=N–C) groups is 1. The van der Waals surface area contributed by atoms with Gasteiger partial charge >= 0.3 is 6.01 Å². The fourth-order valence-corrected chi connectivity index (χ4v) is 3.46. The van der Waals surface area contributed by atoms with E-state index in [-0.39, 0.29) is 6.04 Å². The molecule has 0 saturated carbocycles. The molecule has 0 radical (unpaired) electrons. The first-order valence-corrected chi connectivity index (χ1v) is 10.8. The largest absolute Gasteiger partial charge is 0.392 e. The lowest BCUT2D eigenvalue weighted by atomic mass is 10.2. The molecular weight excluding hydrogens is 380 g/mol. The molecule has 0 bridgehead atoms. The topological polar surface area (TPSA) is 74.7 Å². The fourth-order valence-electron chi connectivity index (χ4n) is 3.46. The van der Waals surface area contributed by atoms with Crippen molar-refractivity contribution in [3.05, 3.63) is 12.3 Å². The van der Waals surface area contributed by atoms with Gasteiger partial charge in [-0.25, -0.2) is 4.98 Å². The second-order valence-electron chi connectivity index (χ2n) is 7.92. The Morgan fingerprint density at radius 2 is 2.03 bits per heavy atom. The van der Waals surface area contributed by atoms with Crippen LogP contribution in [0.1, 0.15) is 41.0 Å². The number of likely N-dealkylation sites (N-methyl/N-ethyl adjacent to an activating group) is 1. The van der Waals surface area contributed by atoms with Crippen LogP contribution in [0.2, 0.25) is 0 Å². The molecule has 0 aliphatic rings. The van der Waals surface area contributed by atoms with Crippen LogP contribution in [-0.2, 0) is 0 Å². The van der Waals surface area contributed by atoms with Gasteiger partial charge in [0.25, 0.3) is 0 Å². The number of fused-ring (bicyclic) bond motifs is 1. The number of nitrogens with zero attached hydrogens (tertiary/aromatic N) is 8. The van der Waals surface area contributed by atoms with Crippen molar-refractivity contribution >= 4 is 22.9 Å². The van der Waals surface area contributed by atoms with Crippen LogP contribution in [0.3, 0.4) is 0 Å². The standard InChI is InChI=1S/C21H37N8O/c1-8-27(16-22-12-10-14-26(6)7)19-11-13-23-21-20(19)24-25-29(21)30-15-18(5)28(9-2)17(3)4/h11,13,17-18H,8-10,12,14-15H2,1-7H3/q+1. The third kappa shape index (κ3) is 6.32. The van der Waals surface area contributed by atoms with E-state index in [0.717, 1.165) is 38.3 Å². The zero-order valence-electron chi connectivity index (χ0n) is 19.5. The molecule has 0 fully saturated rings. The molecule has 166 valence electrons. The van der Waals surface area contributed by atoms with Crippen molar-refractivity contribution in [1.29, 1.82) is 0 Å². The minimum atomic E-state index is 0.257. The van der Waals surface area contributed by atoms with Crippen LogP contribution in [0.4, 0.5) is 5.69 Å². The molecule has 2 aromatic heterocycles. The lowest BCUT2D eigenvalue weighted by molar-refractivity contribution is -0.427. The zero-order chi connectivity index (χ0) is 22.1. The molecule has 1 atom stereocenters. The Kier molecular flexibility index (Phi) is 9.36. The SMILES string of the molecule is CCN(C(C)C)C(C)COn1nnc2c([N+](=C=NCCCN(C)C)CC)ccnc21. The van der Waals surface area contributed by atoms with Crippen LogP contribution < -0.4 is 4.84 Å². The van der Waals surface area contributed by atoms with Gasteiger partial charge in [-0.2, -0.15) is 4.58 Å². The summed E-state index contributed by atoms with van der Waals surface area (Å²) in [6, 6.07) is 5.76. The first-order valence-electron chi connectivity index (χ1n) is 10.8. The normalized spacial score (nSPS) is 12.6. The Bertz CT molecular complexity index is 854. The van der Waals surface area contributed by atoms with Gasteiger partial charge in [0.05, 0.1) is 6.54 Å². The van der Waals surface area contributed by atoms with E-state index < -0.39 is 0 Å². The Balaban J connectivity index is 2.18. The van der Waals surface area contributed by atoms with E-state index in [0.29, 0.717) is 23.8 Å². The minimum absolute atomic E-state index is 0.257. The van der Waals surface area contributed by atoms with E-state index in [4.69, 9.17) is 4.84 Å². The van der Waals surface area contributed by atoms with Crippen molar-refractivity contribution in [1.82, 2.24) is 29.9 Å². The van der Waals surface area contributed by atoms with Crippen LogP contribution in [-0.4, -0.2) is 99.5 Å². The Morgan fingerprint density at radius 3 is 2.67 bits per heavy atom. The van der Waals surface area contributed by atoms with E-state index in [1.807, 2.05) is 10.6 Å². The average Bonchev–Trinajstić information content (AvgIpc) is 3.12. The summed E-state index contributed by atoms with van der Waals surface area (Å²) in [4.78, 5) is 20.8. The van der Waals surface area contributed by atoms with Crippen molar-refractivity contribution in [3.63, 3.8) is 0 Å². The summed E-state index contributed by atoms with van der Waals surface area (Å²) < 4.78 is 1.94. The van der Waals surface area contributed by atoms with Gasteiger partial charge in [0.1, 0.15) is 13.2 Å². The van der Waals surface area contributed by atoms with Crippen molar-refractivity contribution in [3.8, 4) is 0 Å². The van der Waals surface area contributed by atoms with Gasteiger partial charge in [-0.15, -0.1) is 5.10 Å². The van der Waals surface area contributed by atoms with Crippen molar-refractivity contribution < 1.29 is 9.41 Å². The first-order chi connectivity index (χ1) is 14.4. The van der Waals surface area contributed by atoms with Gasteiger partial charge < -0.3 is 9.74 Å². The lowest BCUT2D eigenvalue weighted by Crippen LogP contribution is -2.43. The molecule has 0 saturated heterocycles. The third-order valence-corrected chi connectivity index (χ3v) is 5.00. The zero-order valence-corrected chi connectivity index (χ0v) is 19.5. The maximum atomic E-state index is 5.93. The predicted octanol–water partition coefficient (Wildman–Crippen LogP) is 2.16. The van der Waals surface area contributed by atoms with Crippen molar-refractivity contribution in [2.45, 2.75) is 53.1 Å². The van der Waals surface area contributed by atoms with Crippen LogP contribution in [0.15, 0.2) is 17.3 Å². The van der Waals surface area contributed by atoms with E-state index in [1.165, 1.54) is 4.85 Å². The smallest absolute Gasteiger partial charge is 0.312 e. The summed E-state index contributed by atoms with van der Waals surface area (Å²) >= 11 is 0. The van der Waals surface area contributed by atoms with Gasteiger partial charge in [0.15, 0.2) is 11.2 Å². The van der Waals surface area contributed by atoms with Gasteiger partial charge in [-0.1, -0.05) is 11.8 Å². The first kappa shape index (κ1) is 23.9. The highest BCUT2D eigenvalue weighted by Gasteiger charge is 2.19. The Morgan fingerprint density at radius 1 is 1.27 bits per heavy atom. The average molecular weight is 418 g/mol. The molecule has 0 N–H and O–H groups in total. The molecule has 0 spiro atoms. The number of rotatable bonds is 12. The molecule has 2 rings (SSSR count). The molecule has 0 aliphatic heterocycles. The third-order valence-electron chi connectivity index (χ3n) is 5.00. The Labute approximate surface area is 180 Å². The summed E-state index contributed by atoms with van der Waals surface area (Å²) in [6.45, 7) is 14.7. The van der Waals surface area contributed by atoms with Gasteiger partial charge in [0, 0.05) is 37.3 Å². The highest BCUT2D eigenvalue weighted by atomic mass is 16.7. The van der Waals surface area contributed by atoms with Gasteiger partial charge in [-0.05, 0) is 58.5 Å². The van der Waals surface area contributed by atoms with Gasteiger partial charge in [0.2, 0.25) is 5.65 Å². The van der Waals surface area contributed by atoms with Crippen LogP contribution in [0.5, 0.6) is 0 Å². The molecule has 30 heavy (non-hydrogen) atoms. The maximum Gasteiger partial charge on any atom is 0.312 e. The highest BCUT2D eigenvalue weighted by Crippen LogP contribution is 2.20. The molecular formula is C21H37N8O+. The predicted molar refractivity (Wildman–Crippen MR) is 120 cm³/mol. The summed E-state index contributed by atoms with van der Waals surface area (Å²) in [5, 5.41) is 8.49. The number of aromatic nitrogens is 4. The highest BCUT2D eigenvalue weighted by molar-refractivity contribution is 5.80. The van der Waals surface area contributed by atoms with E-state index in [2.05, 4.69) is 84.8 Å². The molecule has 9 heteroatoms.